The van der Waals surface area contributed by atoms with Gasteiger partial charge in [-0.1, -0.05) is 36.5 Å². The van der Waals surface area contributed by atoms with Crippen molar-refractivity contribution in [3.05, 3.63) is 102 Å². The van der Waals surface area contributed by atoms with Gasteiger partial charge >= 0.3 is 0 Å². The van der Waals surface area contributed by atoms with Crippen molar-refractivity contribution in [1.29, 1.82) is 5.41 Å². The van der Waals surface area contributed by atoms with E-state index in [0.717, 1.165) is 33.5 Å². The molecule has 200 valence electrons. The van der Waals surface area contributed by atoms with Gasteiger partial charge in [0.25, 0.3) is 5.92 Å². The van der Waals surface area contributed by atoms with Crippen LogP contribution >= 0.6 is 0 Å². The van der Waals surface area contributed by atoms with E-state index in [-0.39, 0.29) is 18.7 Å². The highest BCUT2D eigenvalue weighted by molar-refractivity contribution is 6.14. The molecule has 5 heterocycles. The minimum absolute atomic E-state index is 0.115. The lowest BCUT2D eigenvalue weighted by atomic mass is 9.96. The van der Waals surface area contributed by atoms with Crippen LogP contribution in [0.1, 0.15) is 30.3 Å². The minimum atomic E-state index is -2.63. The SMILES string of the molecule is C=C/C=C(\C=C(/C)CN1CCC(F)(F)C1)c1ccc(N)c(C(=N)C2=CCc3c(cncc3-c3ccoc3)N2)n1. The molecule has 0 unspecified atom stereocenters. The zero-order valence-electron chi connectivity index (χ0n) is 21.7. The molecule has 9 heteroatoms. The third-order valence-electron chi connectivity index (χ3n) is 6.82. The van der Waals surface area contributed by atoms with E-state index in [9.17, 15) is 8.78 Å². The fourth-order valence-electron chi connectivity index (χ4n) is 4.94. The van der Waals surface area contributed by atoms with Crippen LogP contribution in [0.25, 0.3) is 16.7 Å². The smallest absolute Gasteiger partial charge is 0.261 e. The van der Waals surface area contributed by atoms with E-state index in [1.54, 1.807) is 48.0 Å². The largest absolute Gasteiger partial charge is 0.472 e. The van der Waals surface area contributed by atoms with Crippen molar-refractivity contribution in [1.82, 2.24) is 14.9 Å². The number of furan rings is 1. The van der Waals surface area contributed by atoms with Crippen molar-refractivity contribution >= 4 is 22.7 Å². The highest BCUT2D eigenvalue weighted by Gasteiger charge is 2.37. The van der Waals surface area contributed by atoms with Crippen molar-refractivity contribution in [2.75, 3.05) is 30.7 Å². The quantitative estimate of drug-likeness (QED) is 0.241. The number of nitrogen functional groups attached to an aromatic ring is 1. The van der Waals surface area contributed by atoms with Crippen molar-refractivity contribution in [2.24, 2.45) is 0 Å². The van der Waals surface area contributed by atoms with E-state index in [2.05, 4.69) is 16.9 Å². The maximum absolute atomic E-state index is 13.6. The average Bonchev–Trinajstić information content (AvgIpc) is 3.57. The second-order valence-corrected chi connectivity index (χ2v) is 9.85. The zero-order valence-corrected chi connectivity index (χ0v) is 21.7. The summed E-state index contributed by atoms with van der Waals surface area (Å²) in [6.45, 7) is 6.29. The first kappa shape index (κ1) is 26.2. The second-order valence-electron chi connectivity index (χ2n) is 9.85. The molecule has 5 rings (SSSR count). The number of nitrogens with one attached hydrogen (secondary N) is 2. The number of rotatable bonds is 8. The molecule has 0 saturated carbocycles. The Morgan fingerprint density at radius 1 is 1.31 bits per heavy atom. The fourth-order valence-corrected chi connectivity index (χ4v) is 4.94. The first-order valence-corrected chi connectivity index (χ1v) is 12.7. The van der Waals surface area contributed by atoms with Crippen LogP contribution in [0, 0.1) is 5.41 Å². The summed E-state index contributed by atoms with van der Waals surface area (Å²) in [7, 11) is 0. The topological polar surface area (TPSA) is 104 Å². The summed E-state index contributed by atoms with van der Waals surface area (Å²) < 4.78 is 32.5. The molecule has 1 saturated heterocycles. The molecule has 0 radical (unpaired) electrons. The van der Waals surface area contributed by atoms with Crippen LogP contribution in [-0.2, 0) is 6.42 Å². The molecule has 2 aliphatic rings. The number of allylic oxidation sites excluding steroid dienone is 6. The Bertz CT molecular complexity index is 1500. The highest BCUT2D eigenvalue weighted by atomic mass is 19.3. The van der Waals surface area contributed by atoms with E-state index >= 15 is 0 Å². The van der Waals surface area contributed by atoms with Gasteiger partial charge in [-0.05, 0) is 37.1 Å². The van der Waals surface area contributed by atoms with Crippen LogP contribution in [0.2, 0.25) is 0 Å². The van der Waals surface area contributed by atoms with Crippen LogP contribution < -0.4 is 11.1 Å². The second kappa shape index (κ2) is 10.8. The Kier molecular flexibility index (Phi) is 7.26. The fraction of sp³-hybridized carbons (Fsp3) is 0.233. The summed E-state index contributed by atoms with van der Waals surface area (Å²) in [5.74, 6) is -2.63. The van der Waals surface area contributed by atoms with Gasteiger partial charge in [-0.25, -0.2) is 13.8 Å². The average molecular weight is 529 g/mol. The van der Waals surface area contributed by atoms with Crippen molar-refractivity contribution < 1.29 is 13.2 Å². The zero-order chi connectivity index (χ0) is 27.6. The molecule has 39 heavy (non-hydrogen) atoms. The number of nitrogens with zero attached hydrogens (tertiary/aromatic N) is 3. The van der Waals surface area contributed by atoms with E-state index < -0.39 is 5.92 Å². The third-order valence-corrected chi connectivity index (χ3v) is 6.82. The van der Waals surface area contributed by atoms with Crippen molar-refractivity contribution in [3.63, 3.8) is 0 Å². The number of halogens is 2. The van der Waals surface area contributed by atoms with Gasteiger partial charge in [0.15, 0.2) is 0 Å². The molecule has 0 atom stereocenters. The maximum Gasteiger partial charge on any atom is 0.261 e. The predicted octanol–water partition coefficient (Wildman–Crippen LogP) is 6.10. The Balaban J connectivity index is 1.38. The molecule has 0 aliphatic carbocycles. The summed E-state index contributed by atoms with van der Waals surface area (Å²) >= 11 is 0. The normalized spacial score (nSPS) is 17.4. The summed E-state index contributed by atoms with van der Waals surface area (Å²) in [4.78, 5) is 10.8. The molecule has 3 aromatic heterocycles. The first-order chi connectivity index (χ1) is 18.7. The lowest BCUT2D eigenvalue weighted by Crippen LogP contribution is -2.26. The Morgan fingerprint density at radius 2 is 2.15 bits per heavy atom. The first-order valence-electron chi connectivity index (χ1n) is 12.7. The van der Waals surface area contributed by atoms with Gasteiger partial charge in [-0.2, -0.15) is 0 Å². The van der Waals surface area contributed by atoms with Gasteiger partial charge in [0.2, 0.25) is 0 Å². The van der Waals surface area contributed by atoms with Crippen LogP contribution in [0.4, 0.5) is 20.2 Å². The lowest BCUT2D eigenvalue weighted by Gasteiger charge is -2.22. The minimum Gasteiger partial charge on any atom is -0.472 e. The van der Waals surface area contributed by atoms with Crippen LogP contribution in [-0.4, -0.2) is 46.1 Å². The lowest BCUT2D eigenvalue weighted by molar-refractivity contribution is 0.0131. The molecule has 3 aromatic rings. The number of aromatic nitrogens is 2. The number of hydrogen-bond donors (Lipinski definition) is 3. The van der Waals surface area contributed by atoms with Crippen LogP contribution in [0.5, 0.6) is 0 Å². The molecule has 0 bridgehead atoms. The van der Waals surface area contributed by atoms with Gasteiger partial charge in [-0.3, -0.25) is 15.3 Å². The number of anilines is 2. The Morgan fingerprint density at radius 3 is 2.87 bits per heavy atom. The molecule has 4 N–H and O–H groups in total. The highest BCUT2D eigenvalue weighted by Crippen LogP contribution is 2.34. The Hall–Kier alpha value is -4.37. The van der Waals surface area contributed by atoms with Crippen molar-refractivity contribution in [2.45, 2.75) is 25.7 Å². The molecule has 7 nitrogen and oxygen atoms in total. The summed E-state index contributed by atoms with van der Waals surface area (Å²) in [6, 6.07) is 5.40. The van der Waals surface area contributed by atoms with E-state index in [4.69, 9.17) is 20.5 Å². The Labute approximate surface area is 226 Å². The number of likely N-dealkylation sites (tertiary alicyclic amines) is 1. The molecule has 0 spiro atoms. The van der Waals surface area contributed by atoms with E-state index in [1.807, 2.05) is 31.2 Å². The van der Waals surface area contributed by atoms with Gasteiger partial charge in [0, 0.05) is 42.4 Å². The van der Waals surface area contributed by atoms with Gasteiger partial charge in [0.05, 0.1) is 48.0 Å². The van der Waals surface area contributed by atoms with Crippen LogP contribution in [0.15, 0.2) is 89.7 Å². The van der Waals surface area contributed by atoms with Gasteiger partial charge in [0.1, 0.15) is 11.4 Å². The number of hydrogen-bond acceptors (Lipinski definition) is 7. The number of nitrogens with two attached hydrogens (primary N) is 1. The third kappa shape index (κ3) is 5.73. The number of fused-ring (bicyclic) bond motifs is 1. The molecule has 2 aliphatic heterocycles. The van der Waals surface area contributed by atoms with Crippen molar-refractivity contribution in [3.8, 4) is 11.1 Å². The molecule has 0 aromatic carbocycles. The van der Waals surface area contributed by atoms with E-state index in [1.165, 1.54) is 0 Å². The molecular weight excluding hydrogens is 498 g/mol. The standard InChI is InChI=1S/C30H30F2N6O/c1-3-4-20(13-19(2)16-38-11-10-30(31,32)18-38)25-8-6-24(33)29(37-25)28(34)26-7-5-22-23(21-9-12-39-17-21)14-35-15-27(22)36-26/h3-4,6-9,12-15,17,34,36H,1,5,10-11,16,18,33H2,2H3/b19-13+,20-4+,34-28?. The van der Waals surface area contributed by atoms with E-state index in [0.29, 0.717) is 42.3 Å². The summed E-state index contributed by atoms with van der Waals surface area (Å²) in [5.41, 5.74) is 13.8. The summed E-state index contributed by atoms with van der Waals surface area (Å²) in [5, 5.41) is 12.2. The number of alkyl halides is 2. The van der Waals surface area contributed by atoms with Crippen LogP contribution in [0.3, 0.4) is 0 Å². The monoisotopic (exact) mass is 528 g/mol. The summed E-state index contributed by atoms with van der Waals surface area (Å²) in [6.07, 6.45) is 14.7. The van der Waals surface area contributed by atoms with Gasteiger partial charge in [-0.15, -0.1) is 0 Å². The predicted molar refractivity (Wildman–Crippen MR) is 151 cm³/mol. The maximum atomic E-state index is 13.6. The molecular formula is C30H30F2N6O. The molecule has 1 fully saturated rings. The molecule has 0 amide bonds. The number of pyridine rings is 2. The van der Waals surface area contributed by atoms with Gasteiger partial charge < -0.3 is 15.5 Å².